The monoisotopic (exact) mass is 194 g/mol. The minimum Gasteiger partial charge on any atom is -0.450 e. The highest BCUT2D eigenvalue weighted by atomic mass is 35.5. The zero-order valence-corrected chi connectivity index (χ0v) is 7.95. The lowest BCUT2D eigenvalue weighted by atomic mass is 10.3. The highest BCUT2D eigenvalue weighted by Gasteiger charge is 2.16. The maximum Gasteiger partial charge on any atom is 0.407 e. The largest absolute Gasteiger partial charge is 0.450 e. The van der Waals surface area contributed by atoms with Crippen molar-refractivity contribution < 1.29 is 9.53 Å². The number of hydrogen-bond donors (Lipinski definition) is 2. The van der Waals surface area contributed by atoms with Gasteiger partial charge in [0, 0.05) is 12.6 Å². The van der Waals surface area contributed by atoms with Crippen molar-refractivity contribution in [3.8, 4) is 0 Å². The van der Waals surface area contributed by atoms with E-state index in [1.165, 1.54) is 0 Å². The summed E-state index contributed by atoms with van der Waals surface area (Å²) in [6.45, 7) is 4.08. The summed E-state index contributed by atoms with van der Waals surface area (Å²) in [5.74, 6) is 0. The second-order valence-corrected chi connectivity index (χ2v) is 2.55. The van der Waals surface area contributed by atoms with Gasteiger partial charge in [-0.2, -0.15) is 0 Å². The summed E-state index contributed by atoms with van der Waals surface area (Å²) in [5, 5.41) is 5.91. The molecular weight excluding hydrogens is 180 g/mol. The van der Waals surface area contributed by atoms with Gasteiger partial charge in [0.2, 0.25) is 0 Å². The lowest BCUT2D eigenvalue weighted by Gasteiger charge is -2.09. The van der Waals surface area contributed by atoms with Crippen molar-refractivity contribution in [2.45, 2.75) is 19.4 Å². The molecule has 0 aliphatic carbocycles. The molecule has 1 aliphatic rings. The molecule has 1 heterocycles. The van der Waals surface area contributed by atoms with Gasteiger partial charge >= 0.3 is 6.09 Å². The molecule has 5 heteroatoms. The number of ether oxygens (including phenoxy) is 1. The number of nitrogens with one attached hydrogen (secondary N) is 2. The van der Waals surface area contributed by atoms with E-state index >= 15 is 0 Å². The number of amides is 1. The molecule has 1 amide bonds. The van der Waals surface area contributed by atoms with Gasteiger partial charge in [-0.05, 0) is 19.9 Å². The Balaban J connectivity index is 0.00000121. The molecule has 12 heavy (non-hydrogen) atoms. The standard InChI is InChI=1S/C7H14N2O2.ClH/c1-2-11-7(10)9-6-3-4-8-5-6;/h6,8H,2-5H2,1H3,(H,9,10);1H. The molecule has 4 nitrogen and oxygen atoms in total. The van der Waals surface area contributed by atoms with Crippen molar-refractivity contribution >= 4 is 18.5 Å². The first kappa shape index (κ1) is 11.5. The number of alkyl carbamates (subject to hydrolysis) is 1. The zero-order chi connectivity index (χ0) is 8.10. The lowest BCUT2D eigenvalue weighted by molar-refractivity contribution is 0.149. The van der Waals surface area contributed by atoms with E-state index in [1.807, 2.05) is 0 Å². The molecule has 0 bridgehead atoms. The molecule has 2 N–H and O–H groups in total. The first-order chi connectivity index (χ1) is 5.33. The Kier molecular flexibility index (Phi) is 5.84. The van der Waals surface area contributed by atoms with Crippen molar-refractivity contribution in [1.82, 2.24) is 10.6 Å². The van der Waals surface area contributed by atoms with Crippen molar-refractivity contribution in [3.05, 3.63) is 0 Å². The summed E-state index contributed by atoms with van der Waals surface area (Å²) in [4.78, 5) is 10.8. The van der Waals surface area contributed by atoms with Crippen LogP contribution in [0.1, 0.15) is 13.3 Å². The van der Waals surface area contributed by atoms with E-state index < -0.39 is 0 Å². The molecule has 1 aliphatic heterocycles. The number of rotatable bonds is 2. The first-order valence-corrected chi connectivity index (χ1v) is 3.97. The fourth-order valence-electron chi connectivity index (χ4n) is 1.12. The average molecular weight is 195 g/mol. The molecule has 0 aromatic rings. The predicted molar refractivity (Wildman–Crippen MR) is 48.7 cm³/mol. The van der Waals surface area contributed by atoms with Crippen LogP contribution in [-0.2, 0) is 4.74 Å². The third kappa shape index (κ3) is 3.78. The Bertz CT molecular complexity index is 137. The first-order valence-electron chi connectivity index (χ1n) is 3.97. The molecule has 0 spiro atoms. The van der Waals surface area contributed by atoms with Gasteiger partial charge in [0.1, 0.15) is 0 Å². The highest BCUT2D eigenvalue weighted by molar-refractivity contribution is 5.85. The summed E-state index contributed by atoms with van der Waals surface area (Å²) >= 11 is 0. The maximum atomic E-state index is 10.8. The summed E-state index contributed by atoms with van der Waals surface area (Å²) in [6.07, 6.45) is 0.694. The van der Waals surface area contributed by atoms with Crippen LogP contribution in [0.2, 0.25) is 0 Å². The van der Waals surface area contributed by atoms with Crippen LogP contribution < -0.4 is 10.6 Å². The second kappa shape index (κ2) is 6.08. The minimum atomic E-state index is -0.304. The SMILES string of the molecule is CCOC(=O)NC1CCNC1.Cl. The summed E-state index contributed by atoms with van der Waals surface area (Å²) < 4.78 is 4.73. The normalized spacial score (nSPS) is 21.2. The van der Waals surface area contributed by atoms with Gasteiger partial charge in [-0.25, -0.2) is 4.79 Å². The van der Waals surface area contributed by atoms with Crippen LogP contribution in [0.25, 0.3) is 0 Å². The van der Waals surface area contributed by atoms with E-state index in [-0.39, 0.29) is 24.5 Å². The average Bonchev–Trinajstić information content (AvgIpc) is 2.40. The van der Waals surface area contributed by atoms with E-state index in [4.69, 9.17) is 4.74 Å². The molecule has 0 radical (unpaired) electrons. The van der Waals surface area contributed by atoms with Crippen molar-refractivity contribution in [3.63, 3.8) is 0 Å². The van der Waals surface area contributed by atoms with E-state index in [9.17, 15) is 4.79 Å². The number of carbonyl (C=O) groups is 1. The fraction of sp³-hybridized carbons (Fsp3) is 0.857. The predicted octanol–water partition coefficient (Wildman–Crippen LogP) is 0.516. The zero-order valence-electron chi connectivity index (χ0n) is 7.13. The van der Waals surface area contributed by atoms with Gasteiger partial charge in [-0.15, -0.1) is 12.4 Å². The van der Waals surface area contributed by atoms with Gasteiger partial charge in [0.25, 0.3) is 0 Å². The third-order valence-electron chi connectivity index (χ3n) is 1.66. The number of halogens is 1. The van der Waals surface area contributed by atoms with Crippen LogP contribution in [0.15, 0.2) is 0 Å². The Morgan fingerprint density at radius 1 is 1.75 bits per heavy atom. The molecule has 1 unspecified atom stereocenters. The van der Waals surface area contributed by atoms with Gasteiger partial charge in [0.15, 0.2) is 0 Å². The highest BCUT2D eigenvalue weighted by Crippen LogP contribution is 1.96. The second-order valence-electron chi connectivity index (χ2n) is 2.55. The fourth-order valence-corrected chi connectivity index (χ4v) is 1.12. The van der Waals surface area contributed by atoms with Crippen LogP contribution in [0.5, 0.6) is 0 Å². The van der Waals surface area contributed by atoms with Crippen molar-refractivity contribution in [2.75, 3.05) is 19.7 Å². The smallest absolute Gasteiger partial charge is 0.407 e. The molecule has 1 rings (SSSR count). The number of carbonyl (C=O) groups excluding carboxylic acids is 1. The van der Waals surface area contributed by atoms with Crippen molar-refractivity contribution in [2.24, 2.45) is 0 Å². The van der Waals surface area contributed by atoms with Crippen LogP contribution in [-0.4, -0.2) is 31.8 Å². The Morgan fingerprint density at radius 2 is 2.50 bits per heavy atom. The van der Waals surface area contributed by atoms with E-state index in [2.05, 4.69) is 10.6 Å². The third-order valence-corrected chi connectivity index (χ3v) is 1.66. The van der Waals surface area contributed by atoms with Gasteiger partial charge in [-0.1, -0.05) is 0 Å². The molecule has 0 saturated carbocycles. The molecular formula is C7H15ClN2O2. The van der Waals surface area contributed by atoms with Crippen LogP contribution >= 0.6 is 12.4 Å². The molecule has 1 fully saturated rings. The molecule has 1 saturated heterocycles. The Labute approximate surface area is 78.5 Å². The lowest BCUT2D eigenvalue weighted by Crippen LogP contribution is -2.36. The van der Waals surface area contributed by atoms with Gasteiger partial charge in [-0.3, -0.25) is 0 Å². The summed E-state index contributed by atoms with van der Waals surface area (Å²) in [5.41, 5.74) is 0. The Morgan fingerprint density at radius 3 is 3.00 bits per heavy atom. The van der Waals surface area contributed by atoms with E-state index in [0.717, 1.165) is 19.5 Å². The van der Waals surface area contributed by atoms with Crippen molar-refractivity contribution in [1.29, 1.82) is 0 Å². The molecule has 1 atom stereocenters. The van der Waals surface area contributed by atoms with E-state index in [1.54, 1.807) is 6.92 Å². The van der Waals surface area contributed by atoms with Crippen LogP contribution in [0, 0.1) is 0 Å². The van der Waals surface area contributed by atoms with Crippen LogP contribution in [0.3, 0.4) is 0 Å². The summed E-state index contributed by atoms with van der Waals surface area (Å²) in [6, 6.07) is 0.258. The molecule has 0 aromatic heterocycles. The molecule has 72 valence electrons. The number of hydrogen-bond acceptors (Lipinski definition) is 3. The Hall–Kier alpha value is -0.480. The van der Waals surface area contributed by atoms with Gasteiger partial charge < -0.3 is 15.4 Å². The minimum absolute atomic E-state index is 0. The molecule has 0 aromatic carbocycles. The van der Waals surface area contributed by atoms with Crippen LogP contribution in [0.4, 0.5) is 4.79 Å². The topological polar surface area (TPSA) is 50.4 Å². The quantitative estimate of drug-likeness (QED) is 0.674. The van der Waals surface area contributed by atoms with Gasteiger partial charge in [0.05, 0.1) is 6.61 Å². The van der Waals surface area contributed by atoms with E-state index in [0.29, 0.717) is 6.61 Å². The summed E-state index contributed by atoms with van der Waals surface area (Å²) in [7, 11) is 0. The maximum absolute atomic E-state index is 10.8.